The molecule has 0 spiro atoms. The summed E-state index contributed by atoms with van der Waals surface area (Å²) in [5.41, 5.74) is 5.79. The monoisotopic (exact) mass is 339 g/mol. The molecule has 0 amide bonds. The molecule has 100 valence electrons. The minimum atomic E-state index is 0.383. The molecule has 0 unspecified atom stereocenters. The molecule has 0 bridgehead atoms. The SMILES string of the molecule is CCOCc1nc(N)cc(Sc2cccc(Br)c2)n1. The lowest BCUT2D eigenvalue weighted by Gasteiger charge is -2.06. The van der Waals surface area contributed by atoms with Gasteiger partial charge in [0.25, 0.3) is 0 Å². The third kappa shape index (κ3) is 4.49. The van der Waals surface area contributed by atoms with E-state index in [0.717, 1.165) is 14.4 Å². The normalized spacial score (nSPS) is 10.6. The lowest BCUT2D eigenvalue weighted by atomic mass is 10.4. The van der Waals surface area contributed by atoms with Crippen LogP contribution in [0.3, 0.4) is 0 Å². The molecule has 2 N–H and O–H groups in total. The average molecular weight is 340 g/mol. The number of nitrogen functional groups attached to an aromatic ring is 1. The van der Waals surface area contributed by atoms with E-state index < -0.39 is 0 Å². The zero-order chi connectivity index (χ0) is 13.7. The first kappa shape index (κ1) is 14.3. The van der Waals surface area contributed by atoms with Gasteiger partial charge < -0.3 is 10.5 Å². The molecule has 0 atom stereocenters. The highest BCUT2D eigenvalue weighted by molar-refractivity contribution is 9.10. The molecule has 0 saturated heterocycles. The smallest absolute Gasteiger partial charge is 0.157 e. The predicted octanol–water partition coefficient (Wildman–Crippen LogP) is 3.51. The number of hydrogen-bond donors (Lipinski definition) is 1. The summed E-state index contributed by atoms with van der Waals surface area (Å²) >= 11 is 4.99. The minimum Gasteiger partial charge on any atom is -0.384 e. The molecule has 2 aromatic rings. The fourth-order valence-corrected chi connectivity index (χ4v) is 2.91. The summed E-state index contributed by atoms with van der Waals surface area (Å²) in [4.78, 5) is 9.67. The quantitative estimate of drug-likeness (QED) is 0.844. The van der Waals surface area contributed by atoms with Crippen molar-refractivity contribution in [2.24, 2.45) is 0 Å². The highest BCUT2D eigenvalue weighted by Gasteiger charge is 2.05. The Labute approximate surface area is 124 Å². The maximum Gasteiger partial charge on any atom is 0.157 e. The van der Waals surface area contributed by atoms with Crippen LogP contribution in [0.25, 0.3) is 0 Å². The predicted molar refractivity (Wildman–Crippen MR) is 80.0 cm³/mol. The number of aromatic nitrogens is 2. The van der Waals surface area contributed by atoms with E-state index in [4.69, 9.17) is 10.5 Å². The van der Waals surface area contributed by atoms with E-state index in [1.807, 2.05) is 31.2 Å². The van der Waals surface area contributed by atoms with Gasteiger partial charge in [-0.2, -0.15) is 0 Å². The van der Waals surface area contributed by atoms with Gasteiger partial charge in [0.15, 0.2) is 5.82 Å². The summed E-state index contributed by atoms with van der Waals surface area (Å²) in [6.07, 6.45) is 0. The lowest BCUT2D eigenvalue weighted by molar-refractivity contribution is 0.128. The van der Waals surface area contributed by atoms with Crippen molar-refractivity contribution in [1.29, 1.82) is 0 Å². The fraction of sp³-hybridized carbons (Fsp3) is 0.231. The van der Waals surface area contributed by atoms with Crippen LogP contribution in [0, 0.1) is 0 Å². The Balaban J connectivity index is 2.17. The molecule has 6 heteroatoms. The number of nitrogens with zero attached hydrogens (tertiary/aromatic N) is 2. The Morgan fingerprint density at radius 3 is 2.89 bits per heavy atom. The van der Waals surface area contributed by atoms with Gasteiger partial charge >= 0.3 is 0 Å². The first-order chi connectivity index (χ1) is 9.17. The molecule has 1 heterocycles. The summed E-state index contributed by atoms with van der Waals surface area (Å²) in [5, 5.41) is 0.820. The highest BCUT2D eigenvalue weighted by Crippen LogP contribution is 2.28. The number of ether oxygens (including phenoxy) is 1. The van der Waals surface area contributed by atoms with Gasteiger partial charge in [-0.1, -0.05) is 33.8 Å². The van der Waals surface area contributed by atoms with Crippen molar-refractivity contribution in [1.82, 2.24) is 9.97 Å². The van der Waals surface area contributed by atoms with E-state index in [-0.39, 0.29) is 0 Å². The second-order valence-electron chi connectivity index (χ2n) is 3.74. The maximum atomic E-state index is 5.79. The van der Waals surface area contributed by atoms with Gasteiger partial charge in [0.05, 0.1) is 0 Å². The minimum absolute atomic E-state index is 0.383. The molecule has 0 fully saturated rings. The summed E-state index contributed by atoms with van der Waals surface area (Å²) in [6.45, 7) is 2.95. The molecule has 2 rings (SSSR count). The Kier molecular flexibility index (Phi) is 5.18. The van der Waals surface area contributed by atoms with Crippen molar-refractivity contribution < 1.29 is 4.74 Å². The van der Waals surface area contributed by atoms with Crippen LogP contribution in [0.5, 0.6) is 0 Å². The Morgan fingerprint density at radius 2 is 2.16 bits per heavy atom. The molecule has 4 nitrogen and oxygen atoms in total. The number of hydrogen-bond acceptors (Lipinski definition) is 5. The third-order valence-electron chi connectivity index (χ3n) is 2.22. The van der Waals surface area contributed by atoms with Gasteiger partial charge in [0, 0.05) is 22.0 Å². The van der Waals surface area contributed by atoms with Crippen molar-refractivity contribution in [3.63, 3.8) is 0 Å². The summed E-state index contributed by atoms with van der Waals surface area (Å²) in [6, 6.07) is 9.79. The van der Waals surface area contributed by atoms with E-state index in [0.29, 0.717) is 24.9 Å². The van der Waals surface area contributed by atoms with Crippen molar-refractivity contribution in [3.05, 3.63) is 40.6 Å². The molecule has 0 aliphatic rings. The molecule has 19 heavy (non-hydrogen) atoms. The Bertz CT molecular complexity index is 565. The van der Waals surface area contributed by atoms with E-state index in [1.54, 1.807) is 17.8 Å². The Hall–Kier alpha value is -1.11. The van der Waals surface area contributed by atoms with Gasteiger partial charge in [-0.05, 0) is 25.1 Å². The van der Waals surface area contributed by atoms with Gasteiger partial charge in [-0.15, -0.1) is 0 Å². The second-order valence-corrected chi connectivity index (χ2v) is 5.75. The van der Waals surface area contributed by atoms with E-state index in [2.05, 4.69) is 25.9 Å². The number of nitrogens with two attached hydrogens (primary N) is 1. The summed E-state index contributed by atoms with van der Waals surface area (Å²) in [7, 11) is 0. The summed E-state index contributed by atoms with van der Waals surface area (Å²) < 4.78 is 6.34. The standard InChI is InChI=1S/C13H14BrN3OS/c1-2-18-8-12-16-11(15)7-13(17-12)19-10-5-3-4-9(14)6-10/h3-7H,2,8H2,1H3,(H2,15,16,17). The largest absolute Gasteiger partial charge is 0.384 e. The molecule has 0 aliphatic heterocycles. The first-order valence-corrected chi connectivity index (χ1v) is 7.43. The van der Waals surface area contributed by atoms with Crippen LogP contribution in [-0.2, 0) is 11.3 Å². The summed E-state index contributed by atoms with van der Waals surface area (Å²) in [5.74, 6) is 1.07. The van der Waals surface area contributed by atoms with Gasteiger partial charge in [-0.25, -0.2) is 9.97 Å². The zero-order valence-electron chi connectivity index (χ0n) is 10.5. The van der Waals surface area contributed by atoms with Gasteiger partial charge in [0.1, 0.15) is 17.5 Å². The van der Waals surface area contributed by atoms with Crippen LogP contribution in [0.1, 0.15) is 12.7 Å². The van der Waals surface area contributed by atoms with Crippen LogP contribution >= 0.6 is 27.7 Å². The Morgan fingerprint density at radius 1 is 1.32 bits per heavy atom. The highest BCUT2D eigenvalue weighted by atomic mass is 79.9. The third-order valence-corrected chi connectivity index (χ3v) is 3.62. The van der Waals surface area contributed by atoms with Crippen molar-refractivity contribution >= 4 is 33.5 Å². The number of halogens is 1. The molecule has 0 saturated carbocycles. The van der Waals surface area contributed by atoms with Crippen molar-refractivity contribution in [2.45, 2.75) is 23.5 Å². The van der Waals surface area contributed by atoms with E-state index in [9.17, 15) is 0 Å². The van der Waals surface area contributed by atoms with E-state index >= 15 is 0 Å². The maximum absolute atomic E-state index is 5.79. The van der Waals surface area contributed by atoms with Gasteiger partial charge in [-0.3, -0.25) is 0 Å². The molecule has 0 aliphatic carbocycles. The first-order valence-electron chi connectivity index (χ1n) is 5.82. The van der Waals surface area contributed by atoms with Crippen molar-refractivity contribution in [2.75, 3.05) is 12.3 Å². The zero-order valence-corrected chi connectivity index (χ0v) is 12.9. The average Bonchev–Trinajstić information content (AvgIpc) is 2.35. The second kappa shape index (κ2) is 6.88. The van der Waals surface area contributed by atoms with Crippen molar-refractivity contribution in [3.8, 4) is 0 Å². The van der Waals surface area contributed by atoms with Crippen LogP contribution in [0.4, 0.5) is 5.82 Å². The van der Waals surface area contributed by atoms with Gasteiger partial charge in [0.2, 0.25) is 0 Å². The fourth-order valence-electron chi connectivity index (χ4n) is 1.45. The molecular weight excluding hydrogens is 326 g/mol. The number of anilines is 1. The van der Waals surface area contributed by atoms with Crippen LogP contribution < -0.4 is 5.73 Å². The lowest BCUT2D eigenvalue weighted by Crippen LogP contribution is -2.03. The van der Waals surface area contributed by atoms with E-state index in [1.165, 1.54) is 0 Å². The number of rotatable bonds is 5. The molecule has 0 radical (unpaired) electrons. The number of benzene rings is 1. The molecule has 1 aromatic heterocycles. The van der Waals surface area contributed by atoms with Crippen LogP contribution in [0.15, 0.2) is 44.7 Å². The molecule has 1 aromatic carbocycles. The van der Waals surface area contributed by atoms with Crippen LogP contribution in [0.2, 0.25) is 0 Å². The topological polar surface area (TPSA) is 61.0 Å². The van der Waals surface area contributed by atoms with Crippen LogP contribution in [-0.4, -0.2) is 16.6 Å². The molecular formula is C13H14BrN3OS.